The zero-order valence-electron chi connectivity index (χ0n) is 5.94. The van der Waals surface area contributed by atoms with Gasteiger partial charge in [0.15, 0.2) is 0 Å². The minimum Gasteiger partial charge on any atom is -0.368 e. The standard InChI is InChI=1S/C5H8N4OS/c1-3(4(6)10)8-5-9-7-2-11-5/h2-3H,1H3,(H2,6,10)(H,8,9). The predicted molar refractivity (Wildman–Crippen MR) is 42.2 cm³/mol. The lowest BCUT2D eigenvalue weighted by atomic mass is 10.3. The molecule has 0 aliphatic rings. The molecule has 1 aromatic heterocycles. The van der Waals surface area contributed by atoms with Crippen LogP contribution >= 0.6 is 11.3 Å². The lowest BCUT2D eigenvalue weighted by molar-refractivity contribution is -0.118. The molecule has 0 bridgehead atoms. The molecule has 0 saturated carbocycles. The third-order valence-electron chi connectivity index (χ3n) is 1.13. The Kier molecular flexibility index (Phi) is 2.37. The average Bonchev–Trinajstić information content (AvgIpc) is 2.39. The van der Waals surface area contributed by atoms with Crippen molar-refractivity contribution in [3.05, 3.63) is 5.51 Å². The molecule has 5 nitrogen and oxygen atoms in total. The van der Waals surface area contributed by atoms with E-state index in [2.05, 4.69) is 15.5 Å². The van der Waals surface area contributed by atoms with Gasteiger partial charge in [-0.25, -0.2) is 0 Å². The second-order valence-electron chi connectivity index (χ2n) is 2.01. The monoisotopic (exact) mass is 172 g/mol. The van der Waals surface area contributed by atoms with Crippen molar-refractivity contribution in [2.45, 2.75) is 13.0 Å². The number of rotatable bonds is 3. The largest absolute Gasteiger partial charge is 0.368 e. The number of primary amides is 1. The van der Waals surface area contributed by atoms with Crippen molar-refractivity contribution in [3.8, 4) is 0 Å². The van der Waals surface area contributed by atoms with Crippen molar-refractivity contribution < 1.29 is 4.79 Å². The number of nitrogens with zero attached hydrogens (tertiary/aromatic N) is 2. The Bertz CT molecular complexity index is 235. The molecule has 60 valence electrons. The van der Waals surface area contributed by atoms with Gasteiger partial charge in [0.1, 0.15) is 11.6 Å². The van der Waals surface area contributed by atoms with Gasteiger partial charge in [0, 0.05) is 0 Å². The summed E-state index contributed by atoms with van der Waals surface area (Å²) in [6, 6.07) is -0.400. The lowest BCUT2D eigenvalue weighted by Gasteiger charge is -2.06. The number of hydrogen-bond donors (Lipinski definition) is 2. The second-order valence-corrected chi connectivity index (χ2v) is 2.85. The van der Waals surface area contributed by atoms with Gasteiger partial charge in [0.05, 0.1) is 0 Å². The van der Waals surface area contributed by atoms with Crippen molar-refractivity contribution in [2.75, 3.05) is 5.32 Å². The van der Waals surface area contributed by atoms with Gasteiger partial charge in [0.25, 0.3) is 0 Å². The maximum Gasteiger partial charge on any atom is 0.239 e. The molecule has 1 heterocycles. The first-order chi connectivity index (χ1) is 5.20. The molecule has 0 fully saturated rings. The van der Waals surface area contributed by atoms with Crippen LogP contribution in [0, 0.1) is 0 Å². The van der Waals surface area contributed by atoms with E-state index in [9.17, 15) is 4.79 Å². The molecule has 3 N–H and O–H groups in total. The third-order valence-corrected chi connectivity index (χ3v) is 1.75. The van der Waals surface area contributed by atoms with Gasteiger partial charge >= 0.3 is 0 Å². The minimum absolute atomic E-state index is 0.400. The predicted octanol–water partition coefficient (Wildman–Crippen LogP) is -0.176. The van der Waals surface area contributed by atoms with E-state index in [1.54, 1.807) is 12.4 Å². The highest BCUT2D eigenvalue weighted by atomic mass is 32.1. The number of amides is 1. The van der Waals surface area contributed by atoms with Gasteiger partial charge in [0.2, 0.25) is 11.0 Å². The highest BCUT2D eigenvalue weighted by Gasteiger charge is 2.08. The van der Waals surface area contributed by atoms with E-state index in [0.717, 1.165) is 0 Å². The summed E-state index contributed by atoms with van der Waals surface area (Å²) in [6.45, 7) is 1.67. The molecule has 1 atom stereocenters. The van der Waals surface area contributed by atoms with Crippen LogP contribution in [0.3, 0.4) is 0 Å². The van der Waals surface area contributed by atoms with E-state index in [1.807, 2.05) is 0 Å². The second kappa shape index (κ2) is 3.29. The van der Waals surface area contributed by atoms with Crippen molar-refractivity contribution in [1.82, 2.24) is 10.2 Å². The average molecular weight is 172 g/mol. The number of anilines is 1. The molecular formula is C5H8N4OS. The minimum atomic E-state index is -0.403. The molecule has 0 saturated heterocycles. The fraction of sp³-hybridized carbons (Fsp3) is 0.400. The Morgan fingerprint density at radius 2 is 2.64 bits per heavy atom. The van der Waals surface area contributed by atoms with E-state index < -0.39 is 11.9 Å². The molecule has 0 aliphatic carbocycles. The van der Waals surface area contributed by atoms with E-state index in [-0.39, 0.29) is 0 Å². The molecule has 1 aromatic rings. The quantitative estimate of drug-likeness (QED) is 0.663. The number of aromatic nitrogens is 2. The summed E-state index contributed by atoms with van der Waals surface area (Å²) in [4.78, 5) is 10.5. The smallest absolute Gasteiger partial charge is 0.239 e. The molecule has 1 amide bonds. The highest BCUT2D eigenvalue weighted by Crippen LogP contribution is 2.08. The molecule has 0 radical (unpaired) electrons. The number of hydrogen-bond acceptors (Lipinski definition) is 5. The van der Waals surface area contributed by atoms with Crippen LogP contribution in [-0.4, -0.2) is 22.1 Å². The van der Waals surface area contributed by atoms with Gasteiger partial charge in [-0.2, -0.15) is 0 Å². The molecule has 11 heavy (non-hydrogen) atoms. The summed E-state index contributed by atoms with van der Waals surface area (Å²) in [5.41, 5.74) is 6.59. The fourth-order valence-electron chi connectivity index (χ4n) is 0.492. The number of nitrogens with one attached hydrogen (secondary N) is 1. The summed E-state index contributed by atoms with van der Waals surface area (Å²) in [5.74, 6) is -0.403. The van der Waals surface area contributed by atoms with Crippen LogP contribution < -0.4 is 11.1 Å². The van der Waals surface area contributed by atoms with Crippen molar-refractivity contribution >= 4 is 22.4 Å². The van der Waals surface area contributed by atoms with Crippen molar-refractivity contribution in [2.24, 2.45) is 5.73 Å². The molecule has 1 unspecified atom stereocenters. The topological polar surface area (TPSA) is 80.9 Å². The van der Waals surface area contributed by atoms with Crippen molar-refractivity contribution in [1.29, 1.82) is 0 Å². The van der Waals surface area contributed by atoms with Crippen LogP contribution in [0.1, 0.15) is 6.92 Å². The Morgan fingerprint density at radius 1 is 1.91 bits per heavy atom. The maximum absolute atomic E-state index is 10.5. The third kappa shape index (κ3) is 2.15. The first-order valence-corrected chi connectivity index (χ1v) is 3.90. The van der Waals surface area contributed by atoms with Crippen molar-refractivity contribution in [3.63, 3.8) is 0 Å². The zero-order chi connectivity index (χ0) is 8.27. The highest BCUT2D eigenvalue weighted by molar-refractivity contribution is 7.13. The Labute approximate surface area is 67.6 Å². The molecule has 1 rings (SSSR count). The molecule has 6 heteroatoms. The van der Waals surface area contributed by atoms with Gasteiger partial charge in [-0.3, -0.25) is 4.79 Å². The first-order valence-electron chi connectivity index (χ1n) is 3.02. The van der Waals surface area contributed by atoms with Gasteiger partial charge in [-0.15, -0.1) is 10.2 Å². The van der Waals surface area contributed by atoms with Crippen LogP contribution in [0.25, 0.3) is 0 Å². The molecule has 0 spiro atoms. The van der Waals surface area contributed by atoms with Crippen LogP contribution in [0.5, 0.6) is 0 Å². The van der Waals surface area contributed by atoms with Gasteiger partial charge < -0.3 is 11.1 Å². The Morgan fingerprint density at radius 3 is 3.09 bits per heavy atom. The summed E-state index contributed by atoms with van der Waals surface area (Å²) < 4.78 is 0. The van der Waals surface area contributed by atoms with Gasteiger partial charge in [-0.05, 0) is 6.92 Å². The zero-order valence-corrected chi connectivity index (χ0v) is 6.76. The van der Waals surface area contributed by atoms with E-state index in [0.29, 0.717) is 5.13 Å². The number of carbonyl (C=O) groups is 1. The van der Waals surface area contributed by atoms with Crippen LogP contribution in [-0.2, 0) is 4.79 Å². The van der Waals surface area contributed by atoms with Crippen LogP contribution in [0.4, 0.5) is 5.13 Å². The van der Waals surface area contributed by atoms with E-state index in [1.165, 1.54) is 11.3 Å². The number of nitrogens with two attached hydrogens (primary N) is 1. The SMILES string of the molecule is CC(Nc1nncs1)C(N)=O. The Balaban J connectivity index is 2.50. The molecule has 0 aliphatic heterocycles. The van der Waals surface area contributed by atoms with Gasteiger partial charge in [-0.1, -0.05) is 11.3 Å². The lowest BCUT2D eigenvalue weighted by Crippen LogP contribution is -2.32. The molecular weight excluding hydrogens is 164 g/mol. The Hall–Kier alpha value is -1.17. The summed E-state index contributed by atoms with van der Waals surface area (Å²) in [5, 5.41) is 10.7. The maximum atomic E-state index is 10.5. The van der Waals surface area contributed by atoms with E-state index >= 15 is 0 Å². The van der Waals surface area contributed by atoms with Crippen LogP contribution in [0.2, 0.25) is 0 Å². The fourth-order valence-corrected chi connectivity index (χ4v) is 1.03. The number of carbonyl (C=O) groups excluding carboxylic acids is 1. The summed E-state index contributed by atoms with van der Waals surface area (Å²) in [6.07, 6.45) is 0. The summed E-state index contributed by atoms with van der Waals surface area (Å²) in [7, 11) is 0. The summed E-state index contributed by atoms with van der Waals surface area (Å²) >= 11 is 1.33. The van der Waals surface area contributed by atoms with E-state index in [4.69, 9.17) is 5.73 Å². The van der Waals surface area contributed by atoms with Crippen LogP contribution in [0.15, 0.2) is 5.51 Å². The first kappa shape index (κ1) is 7.93. The molecule has 0 aromatic carbocycles. The normalized spacial score (nSPS) is 12.5.